The van der Waals surface area contributed by atoms with Crippen LogP contribution in [0.3, 0.4) is 0 Å². The lowest BCUT2D eigenvalue weighted by Crippen LogP contribution is -2.03. The van der Waals surface area contributed by atoms with Gasteiger partial charge in [0, 0.05) is 48.7 Å². The lowest BCUT2D eigenvalue weighted by atomic mass is 10.2. The molecule has 8 nitrogen and oxygen atoms in total. The number of rotatable bonds is 11. The number of anilines is 2. The molecule has 8 heteroatoms. The summed E-state index contributed by atoms with van der Waals surface area (Å²) in [6.45, 7) is 1.65. The number of hydrogen-bond donors (Lipinski definition) is 2. The van der Waals surface area contributed by atoms with Gasteiger partial charge in [-0.15, -0.1) is 0 Å². The van der Waals surface area contributed by atoms with Gasteiger partial charge in [0.05, 0.1) is 9.85 Å². The van der Waals surface area contributed by atoms with Gasteiger partial charge in [-0.05, 0) is 37.1 Å². The first kappa shape index (κ1) is 19.2. The zero-order valence-corrected chi connectivity index (χ0v) is 14.4. The highest BCUT2D eigenvalue weighted by Gasteiger charge is 2.04. The molecule has 0 saturated heterocycles. The maximum absolute atomic E-state index is 10.6. The van der Waals surface area contributed by atoms with Crippen LogP contribution in [0.2, 0.25) is 0 Å². The number of nitro groups is 2. The summed E-state index contributed by atoms with van der Waals surface area (Å²) in [7, 11) is 0. The van der Waals surface area contributed by atoms with Gasteiger partial charge in [-0.25, -0.2) is 0 Å². The van der Waals surface area contributed by atoms with Crippen molar-refractivity contribution < 1.29 is 9.85 Å². The van der Waals surface area contributed by atoms with E-state index in [0.29, 0.717) is 0 Å². The molecule has 0 heterocycles. The van der Waals surface area contributed by atoms with Crippen LogP contribution in [0.4, 0.5) is 22.7 Å². The van der Waals surface area contributed by atoms with Crippen LogP contribution in [0.5, 0.6) is 0 Å². The number of benzene rings is 2. The van der Waals surface area contributed by atoms with E-state index in [9.17, 15) is 20.2 Å². The number of nitrogens with one attached hydrogen (secondary N) is 2. The Morgan fingerprint density at radius 2 is 0.962 bits per heavy atom. The van der Waals surface area contributed by atoms with E-state index in [1.54, 1.807) is 24.3 Å². The molecule has 0 spiro atoms. The first-order chi connectivity index (χ1) is 12.6. The summed E-state index contributed by atoms with van der Waals surface area (Å²) in [4.78, 5) is 20.4. The molecule has 0 bridgehead atoms. The molecule has 2 rings (SSSR count). The highest BCUT2D eigenvalue weighted by atomic mass is 16.6. The number of nitrogens with zero attached hydrogens (tertiary/aromatic N) is 2. The molecule has 0 saturated carbocycles. The van der Waals surface area contributed by atoms with Gasteiger partial charge in [0.1, 0.15) is 0 Å². The summed E-state index contributed by atoms with van der Waals surface area (Å²) in [5.41, 5.74) is 1.96. The Labute approximate surface area is 151 Å². The van der Waals surface area contributed by atoms with Crippen LogP contribution < -0.4 is 10.6 Å². The van der Waals surface area contributed by atoms with Gasteiger partial charge in [-0.3, -0.25) is 20.2 Å². The summed E-state index contributed by atoms with van der Waals surface area (Å²) in [5.74, 6) is 0. The molecular formula is C18H22N4O4. The van der Waals surface area contributed by atoms with E-state index >= 15 is 0 Å². The predicted molar refractivity (Wildman–Crippen MR) is 102 cm³/mol. The number of hydrogen-bond acceptors (Lipinski definition) is 6. The second-order valence-electron chi connectivity index (χ2n) is 5.88. The Morgan fingerprint density at radius 3 is 1.27 bits per heavy atom. The van der Waals surface area contributed by atoms with Crippen LogP contribution in [-0.4, -0.2) is 22.9 Å². The lowest BCUT2D eigenvalue weighted by Gasteiger charge is -2.07. The molecule has 0 aromatic heterocycles. The van der Waals surface area contributed by atoms with E-state index in [1.165, 1.54) is 24.3 Å². The van der Waals surface area contributed by atoms with Gasteiger partial charge < -0.3 is 10.6 Å². The van der Waals surface area contributed by atoms with Crippen LogP contribution >= 0.6 is 0 Å². The Morgan fingerprint density at radius 1 is 0.615 bits per heavy atom. The molecule has 2 aromatic rings. The van der Waals surface area contributed by atoms with Gasteiger partial charge in [0.25, 0.3) is 11.4 Å². The highest BCUT2D eigenvalue weighted by Crippen LogP contribution is 2.16. The second kappa shape index (κ2) is 9.97. The zero-order valence-electron chi connectivity index (χ0n) is 14.4. The van der Waals surface area contributed by atoms with Crippen molar-refractivity contribution in [3.05, 3.63) is 68.8 Å². The fraction of sp³-hybridized carbons (Fsp3) is 0.333. The first-order valence-corrected chi connectivity index (χ1v) is 8.53. The van der Waals surface area contributed by atoms with E-state index < -0.39 is 9.85 Å². The third-order valence-corrected chi connectivity index (χ3v) is 3.92. The Kier molecular flexibility index (Phi) is 7.35. The molecule has 2 N–H and O–H groups in total. The third-order valence-electron chi connectivity index (χ3n) is 3.92. The van der Waals surface area contributed by atoms with Crippen molar-refractivity contribution in [1.29, 1.82) is 0 Å². The second-order valence-corrected chi connectivity index (χ2v) is 5.88. The monoisotopic (exact) mass is 358 g/mol. The fourth-order valence-corrected chi connectivity index (χ4v) is 2.47. The third kappa shape index (κ3) is 6.39. The molecule has 0 radical (unpaired) electrons. The summed E-state index contributed by atoms with van der Waals surface area (Å²) in [6.07, 6.45) is 4.22. The molecule has 0 fully saturated rings. The highest BCUT2D eigenvalue weighted by molar-refractivity contribution is 5.49. The molecular weight excluding hydrogens is 336 g/mol. The van der Waals surface area contributed by atoms with E-state index in [4.69, 9.17) is 0 Å². The average molecular weight is 358 g/mol. The number of nitro benzene ring substituents is 2. The van der Waals surface area contributed by atoms with E-state index in [1.807, 2.05) is 0 Å². The average Bonchev–Trinajstić information content (AvgIpc) is 2.64. The van der Waals surface area contributed by atoms with Crippen molar-refractivity contribution >= 4 is 22.7 Å². The van der Waals surface area contributed by atoms with Crippen molar-refractivity contribution in [3.63, 3.8) is 0 Å². The molecule has 0 aliphatic heterocycles. The van der Waals surface area contributed by atoms with Gasteiger partial charge in [-0.2, -0.15) is 0 Å². The minimum absolute atomic E-state index is 0.0936. The minimum atomic E-state index is -0.408. The van der Waals surface area contributed by atoms with Crippen LogP contribution in [0, 0.1) is 20.2 Å². The summed E-state index contributed by atoms with van der Waals surface area (Å²) >= 11 is 0. The standard InChI is InChI=1S/C18H22N4O4/c23-21(24)17-9-5-15(6-10-17)19-13-3-1-2-4-14-20-16-7-11-18(12-8-16)22(25)26/h5-12,19-20H,1-4,13-14H2. The van der Waals surface area contributed by atoms with Crippen LogP contribution in [0.15, 0.2) is 48.5 Å². The van der Waals surface area contributed by atoms with Gasteiger partial charge in [0.15, 0.2) is 0 Å². The topological polar surface area (TPSA) is 110 Å². The molecule has 138 valence electrons. The maximum Gasteiger partial charge on any atom is 0.269 e. The fourth-order valence-electron chi connectivity index (χ4n) is 2.47. The Hall–Kier alpha value is -3.16. The van der Waals surface area contributed by atoms with Gasteiger partial charge in [-0.1, -0.05) is 12.8 Å². The molecule has 0 amide bonds. The molecule has 26 heavy (non-hydrogen) atoms. The van der Waals surface area contributed by atoms with Crippen LogP contribution in [-0.2, 0) is 0 Å². The number of non-ortho nitro benzene ring substituents is 2. The zero-order chi connectivity index (χ0) is 18.8. The van der Waals surface area contributed by atoms with Crippen molar-refractivity contribution in [2.24, 2.45) is 0 Å². The predicted octanol–water partition coefficient (Wildman–Crippen LogP) is 4.59. The molecule has 0 unspecified atom stereocenters. The van der Waals surface area contributed by atoms with Gasteiger partial charge in [0.2, 0.25) is 0 Å². The molecule has 0 atom stereocenters. The first-order valence-electron chi connectivity index (χ1n) is 8.53. The smallest absolute Gasteiger partial charge is 0.269 e. The summed E-state index contributed by atoms with van der Waals surface area (Å²) < 4.78 is 0. The maximum atomic E-state index is 10.6. The summed E-state index contributed by atoms with van der Waals surface area (Å²) in [6, 6.07) is 12.8. The minimum Gasteiger partial charge on any atom is -0.385 e. The van der Waals surface area contributed by atoms with Crippen LogP contribution in [0.25, 0.3) is 0 Å². The van der Waals surface area contributed by atoms with Crippen molar-refractivity contribution in [1.82, 2.24) is 0 Å². The molecule has 0 aliphatic rings. The van der Waals surface area contributed by atoms with E-state index in [-0.39, 0.29) is 11.4 Å². The van der Waals surface area contributed by atoms with Crippen molar-refractivity contribution in [2.75, 3.05) is 23.7 Å². The van der Waals surface area contributed by atoms with Gasteiger partial charge >= 0.3 is 0 Å². The summed E-state index contributed by atoms with van der Waals surface area (Å²) in [5, 5.41) is 27.7. The number of unbranched alkanes of at least 4 members (excludes halogenated alkanes) is 3. The Balaban J connectivity index is 1.52. The lowest BCUT2D eigenvalue weighted by molar-refractivity contribution is -0.385. The Bertz CT molecular complexity index is 653. The van der Waals surface area contributed by atoms with Crippen molar-refractivity contribution in [3.8, 4) is 0 Å². The van der Waals surface area contributed by atoms with E-state index in [2.05, 4.69) is 10.6 Å². The molecule has 2 aromatic carbocycles. The molecule has 0 aliphatic carbocycles. The largest absolute Gasteiger partial charge is 0.385 e. The van der Waals surface area contributed by atoms with E-state index in [0.717, 1.165) is 50.1 Å². The SMILES string of the molecule is O=[N+]([O-])c1ccc(NCCCCCCNc2ccc([N+](=O)[O-])cc2)cc1. The normalized spacial score (nSPS) is 10.3. The quantitative estimate of drug-likeness (QED) is 0.345. The van der Waals surface area contributed by atoms with Crippen LogP contribution in [0.1, 0.15) is 25.7 Å². The van der Waals surface area contributed by atoms with Crippen molar-refractivity contribution in [2.45, 2.75) is 25.7 Å².